The summed E-state index contributed by atoms with van der Waals surface area (Å²) in [6.07, 6.45) is 2.93. The van der Waals surface area contributed by atoms with E-state index in [0.717, 1.165) is 31.0 Å². The first-order valence-corrected chi connectivity index (χ1v) is 7.36. The molecule has 1 aliphatic rings. The molecule has 0 aliphatic carbocycles. The quantitative estimate of drug-likeness (QED) is 0.726. The number of aliphatic carboxylic acids is 1. The molecule has 7 heteroatoms. The fraction of sp³-hybridized carbons (Fsp3) is 0.750. The highest BCUT2D eigenvalue weighted by Crippen LogP contribution is 2.21. The van der Waals surface area contributed by atoms with Crippen molar-refractivity contribution in [3.05, 3.63) is 0 Å². The van der Waals surface area contributed by atoms with Gasteiger partial charge in [0, 0.05) is 12.6 Å². The number of piperidine rings is 1. The van der Waals surface area contributed by atoms with E-state index in [-0.39, 0.29) is 35.8 Å². The first kappa shape index (κ1) is 15.8. The Bertz CT molecular complexity index is 347. The molecular weight excluding hydrogens is 270 g/mol. The van der Waals surface area contributed by atoms with Gasteiger partial charge in [-0.05, 0) is 19.3 Å². The summed E-state index contributed by atoms with van der Waals surface area (Å²) >= 11 is 1.08. The SMILES string of the molecule is COC(=O)CC1CCCCN1C(=O)CSCC(=O)O. The zero-order valence-corrected chi connectivity index (χ0v) is 11.8. The molecule has 108 valence electrons. The molecule has 6 nitrogen and oxygen atoms in total. The number of nitrogens with zero attached hydrogens (tertiary/aromatic N) is 1. The summed E-state index contributed by atoms with van der Waals surface area (Å²) < 4.78 is 4.63. The van der Waals surface area contributed by atoms with Crippen molar-refractivity contribution in [1.82, 2.24) is 4.90 Å². The van der Waals surface area contributed by atoms with Crippen molar-refractivity contribution in [3.8, 4) is 0 Å². The number of methoxy groups -OCH3 is 1. The molecule has 0 aromatic carbocycles. The van der Waals surface area contributed by atoms with E-state index in [2.05, 4.69) is 4.74 Å². The van der Waals surface area contributed by atoms with Gasteiger partial charge in [0.2, 0.25) is 5.91 Å². The van der Waals surface area contributed by atoms with Gasteiger partial charge in [-0.25, -0.2) is 0 Å². The average Bonchev–Trinajstić information content (AvgIpc) is 2.38. The van der Waals surface area contributed by atoms with E-state index in [1.165, 1.54) is 7.11 Å². The summed E-state index contributed by atoms with van der Waals surface area (Å²) in [6, 6.07) is -0.112. The second kappa shape index (κ2) is 8.04. The molecule has 0 aromatic heterocycles. The third-order valence-corrected chi connectivity index (χ3v) is 3.93. The first-order valence-electron chi connectivity index (χ1n) is 6.20. The molecule has 0 spiro atoms. The number of thioether (sulfide) groups is 1. The predicted molar refractivity (Wildman–Crippen MR) is 70.9 cm³/mol. The van der Waals surface area contributed by atoms with Crippen LogP contribution in [0.1, 0.15) is 25.7 Å². The zero-order chi connectivity index (χ0) is 14.3. The van der Waals surface area contributed by atoms with Gasteiger partial charge in [0.15, 0.2) is 0 Å². The van der Waals surface area contributed by atoms with E-state index in [4.69, 9.17) is 5.11 Å². The van der Waals surface area contributed by atoms with Crippen LogP contribution in [0.15, 0.2) is 0 Å². The van der Waals surface area contributed by atoms with Crippen molar-refractivity contribution < 1.29 is 24.2 Å². The fourth-order valence-corrected chi connectivity index (χ4v) is 2.74. The van der Waals surface area contributed by atoms with Crippen LogP contribution in [0.3, 0.4) is 0 Å². The maximum atomic E-state index is 12.0. The summed E-state index contributed by atoms with van der Waals surface area (Å²) in [5.74, 6) is -1.28. The predicted octanol–water partition coefficient (Wildman–Crippen LogP) is 0.748. The lowest BCUT2D eigenvalue weighted by molar-refractivity contribution is -0.144. The molecule has 1 saturated heterocycles. The van der Waals surface area contributed by atoms with Gasteiger partial charge in [-0.15, -0.1) is 11.8 Å². The summed E-state index contributed by atoms with van der Waals surface area (Å²) in [4.78, 5) is 35.4. The smallest absolute Gasteiger partial charge is 0.313 e. The molecule has 1 aliphatic heterocycles. The molecule has 0 bridgehead atoms. The standard InChI is InChI=1S/C12H19NO5S/c1-18-12(17)6-9-4-2-3-5-13(9)10(14)7-19-8-11(15)16/h9H,2-8H2,1H3,(H,15,16). The van der Waals surface area contributed by atoms with Crippen LogP contribution in [0.2, 0.25) is 0 Å². The third-order valence-electron chi connectivity index (χ3n) is 3.03. The minimum Gasteiger partial charge on any atom is -0.481 e. The minimum absolute atomic E-state index is 0.0821. The Morgan fingerprint density at radius 1 is 1.32 bits per heavy atom. The van der Waals surface area contributed by atoms with Crippen LogP contribution in [-0.2, 0) is 19.1 Å². The van der Waals surface area contributed by atoms with Gasteiger partial charge in [0.05, 0.1) is 25.0 Å². The van der Waals surface area contributed by atoms with E-state index >= 15 is 0 Å². The summed E-state index contributed by atoms with van der Waals surface area (Å²) in [6.45, 7) is 0.633. The van der Waals surface area contributed by atoms with Crippen LogP contribution in [-0.4, -0.2) is 59.1 Å². The van der Waals surface area contributed by atoms with Gasteiger partial charge in [0.1, 0.15) is 0 Å². The number of carboxylic acid groups (broad SMARTS) is 1. The van der Waals surface area contributed by atoms with Crippen molar-refractivity contribution in [1.29, 1.82) is 0 Å². The normalized spacial score (nSPS) is 19.0. The van der Waals surface area contributed by atoms with Gasteiger partial charge in [-0.2, -0.15) is 0 Å². The van der Waals surface area contributed by atoms with Gasteiger partial charge in [-0.3, -0.25) is 14.4 Å². The molecule has 1 rings (SSSR count). The number of carbonyl (C=O) groups is 3. The van der Waals surface area contributed by atoms with Gasteiger partial charge in [-0.1, -0.05) is 0 Å². The minimum atomic E-state index is -0.928. The van der Waals surface area contributed by atoms with Gasteiger partial charge in [0.25, 0.3) is 0 Å². The van der Waals surface area contributed by atoms with Gasteiger partial charge >= 0.3 is 11.9 Å². The van der Waals surface area contributed by atoms with Crippen LogP contribution in [0.25, 0.3) is 0 Å². The molecule has 1 heterocycles. The molecule has 1 fully saturated rings. The summed E-state index contributed by atoms with van der Waals surface area (Å²) in [5.41, 5.74) is 0. The second-order valence-electron chi connectivity index (χ2n) is 4.40. The number of ether oxygens (including phenoxy) is 1. The molecule has 0 radical (unpaired) electrons. The maximum absolute atomic E-state index is 12.0. The first-order chi connectivity index (χ1) is 9.04. The van der Waals surface area contributed by atoms with E-state index in [1.54, 1.807) is 4.90 Å². The lowest BCUT2D eigenvalue weighted by Crippen LogP contribution is -2.45. The van der Waals surface area contributed by atoms with Crippen LogP contribution < -0.4 is 0 Å². The number of likely N-dealkylation sites (tertiary alicyclic amines) is 1. The molecule has 1 unspecified atom stereocenters. The number of esters is 1. The van der Waals surface area contributed by atoms with Crippen molar-refractivity contribution in [2.45, 2.75) is 31.7 Å². The molecular formula is C12H19NO5S. The Hall–Kier alpha value is -1.24. The number of hydrogen-bond donors (Lipinski definition) is 1. The lowest BCUT2D eigenvalue weighted by Gasteiger charge is -2.35. The number of amides is 1. The van der Waals surface area contributed by atoms with Gasteiger partial charge < -0.3 is 14.7 Å². The Morgan fingerprint density at radius 2 is 2.05 bits per heavy atom. The zero-order valence-electron chi connectivity index (χ0n) is 11.0. The molecule has 1 atom stereocenters. The highest BCUT2D eigenvalue weighted by Gasteiger charge is 2.28. The summed E-state index contributed by atoms with van der Waals surface area (Å²) in [7, 11) is 1.33. The molecule has 0 saturated carbocycles. The van der Waals surface area contributed by atoms with E-state index in [0.29, 0.717) is 6.54 Å². The topological polar surface area (TPSA) is 83.9 Å². The van der Waals surface area contributed by atoms with Crippen LogP contribution in [0.5, 0.6) is 0 Å². The molecule has 1 amide bonds. The fourth-order valence-electron chi connectivity index (χ4n) is 2.13. The monoisotopic (exact) mass is 289 g/mol. The largest absolute Gasteiger partial charge is 0.481 e. The Balaban J connectivity index is 2.48. The van der Waals surface area contributed by atoms with Crippen LogP contribution in [0, 0.1) is 0 Å². The Kier molecular flexibility index (Phi) is 6.69. The highest BCUT2D eigenvalue weighted by atomic mass is 32.2. The molecule has 1 N–H and O–H groups in total. The van der Waals surface area contributed by atoms with Crippen molar-refractivity contribution >= 4 is 29.6 Å². The third kappa shape index (κ3) is 5.50. The van der Waals surface area contributed by atoms with Crippen molar-refractivity contribution in [2.75, 3.05) is 25.2 Å². The molecule has 19 heavy (non-hydrogen) atoms. The number of carboxylic acids is 1. The van der Waals surface area contributed by atoms with Crippen molar-refractivity contribution in [3.63, 3.8) is 0 Å². The summed E-state index contributed by atoms with van der Waals surface area (Å²) in [5, 5.41) is 8.53. The second-order valence-corrected chi connectivity index (χ2v) is 5.39. The Labute approximate surface area is 116 Å². The average molecular weight is 289 g/mol. The maximum Gasteiger partial charge on any atom is 0.313 e. The number of rotatable bonds is 6. The van der Waals surface area contributed by atoms with Crippen molar-refractivity contribution in [2.24, 2.45) is 0 Å². The number of hydrogen-bond acceptors (Lipinski definition) is 5. The Morgan fingerprint density at radius 3 is 2.68 bits per heavy atom. The lowest BCUT2D eigenvalue weighted by atomic mass is 9.99. The van der Waals surface area contributed by atoms with E-state index in [1.807, 2.05) is 0 Å². The van der Waals surface area contributed by atoms with Crippen LogP contribution >= 0.6 is 11.8 Å². The molecule has 0 aromatic rings. The number of carbonyl (C=O) groups excluding carboxylic acids is 2. The van der Waals surface area contributed by atoms with E-state index < -0.39 is 5.97 Å². The van der Waals surface area contributed by atoms with E-state index in [9.17, 15) is 14.4 Å². The highest BCUT2D eigenvalue weighted by molar-refractivity contribution is 8.00. The van der Waals surface area contributed by atoms with Crippen LogP contribution in [0.4, 0.5) is 0 Å².